The molecule has 3 rings (SSSR count). The molecule has 0 radical (unpaired) electrons. The summed E-state index contributed by atoms with van der Waals surface area (Å²) in [6.45, 7) is 2.72. The van der Waals surface area contributed by atoms with E-state index >= 15 is 0 Å². The summed E-state index contributed by atoms with van der Waals surface area (Å²) in [6, 6.07) is 12.3. The summed E-state index contributed by atoms with van der Waals surface area (Å²) in [5, 5.41) is 3.43. The molecule has 0 saturated heterocycles. The Balaban J connectivity index is 1.76. The number of carbonyl (C=O) groups is 1. The van der Waals surface area contributed by atoms with Gasteiger partial charge in [0.2, 0.25) is 10.0 Å². The van der Waals surface area contributed by atoms with Gasteiger partial charge in [-0.15, -0.1) is 0 Å². The minimum atomic E-state index is -3.23. The summed E-state index contributed by atoms with van der Waals surface area (Å²) in [7, 11) is -3.23. The van der Waals surface area contributed by atoms with Gasteiger partial charge in [0.05, 0.1) is 5.75 Å². The lowest BCUT2D eigenvalue weighted by atomic mass is 10.0. The van der Waals surface area contributed by atoms with E-state index in [4.69, 9.17) is 11.6 Å². The van der Waals surface area contributed by atoms with E-state index in [2.05, 4.69) is 5.32 Å². The summed E-state index contributed by atoms with van der Waals surface area (Å²) in [4.78, 5) is 12.3. The van der Waals surface area contributed by atoms with Crippen molar-refractivity contribution in [3.8, 4) is 0 Å². The van der Waals surface area contributed by atoms with Gasteiger partial charge in [0, 0.05) is 29.4 Å². The molecule has 0 unspecified atom stereocenters. The van der Waals surface area contributed by atoms with E-state index in [1.54, 1.807) is 24.3 Å². The standard InChI is InChI=1S/C19H21ClN2O3S/c1-2-11-26(24,25)22-10-9-14-5-8-18(12-16(14)13-22)21-19(23)15-3-6-17(20)7-4-15/h3-8,12H,2,9-11,13H2,1H3,(H,21,23). The van der Waals surface area contributed by atoms with Gasteiger partial charge in [-0.3, -0.25) is 4.79 Å². The number of sulfonamides is 1. The summed E-state index contributed by atoms with van der Waals surface area (Å²) in [5.41, 5.74) is 3.22. The van der Waals surface area contributed by atoms with Crippen LogP contribution in [0.1, 0.15) is 34.8 Å². The highest BCUT2D eigenvalue weighted by molar-refractivity contribution is 7.89. The molecule has 0 bridgehead atoms. The third-order valence-corrected chi connectivity index (χ3v) is 6.68. The first kappa shape index (κ1) is 18.9. The number of fused-ring (bicyclic) bond motifs is 1. The Hall–Kier alpha value is -1.89. The number of halogens is 1. The van der Waals surface area contributed by atoms with Crippen LogP contribution >= 0.6 is 11.6 Å². The molecule has 1 heterocycles. The summed E-state index contributed by atoms with van der Waals surface area (Å²) in [6.07, 6.45) is 1.28. The molecule has 0 fully saturated rings. The van der Waals surface area contributed by atoms with Crippen LogP contribution in [0.5, 0.6) is 0 Å². The molecule has 2 aromatic rings. The lowest BCUT2D eigenvalue weighted by Crippen LogP contribution is -2.37. The smallest absolute Gasteiger partial charge is 0.255 e. The Morgan fingerprint density at radius 2 is 1.88 bits per heavy atom. The number of hydrogen-bond donors (Lipinski definition) is 1. The predicted molar refractivity (Wildman–Crippen MR) is 104 cm³/mol. The van der Waals surface area contributed by atoms with Gasteiger partial charge in [-0.25, -0.2) is 8.42 Å². The van der Waals surface area contributed by atoms with E-state index in [0.717, 1.165) is 11.1 Å². The largest absolute Gasteiger partial charge is 0.322 e. The average molecular weight is 393 g/mol. The minimum Gasteiger partial charge on any atom is -0.322 e. The van der Waals surface area contributed by atoms with Crippen molar-refractivity contribution in [3.63, 3.8) is 0 Å². The topological polar surface area (TPSA) is 66.5 Å². The van der Waals surface area contributed by atoms with E-state index < -0.39 is 10.0 Å². The number of rotatable bonds is 5. The fraction of sp³-hybridized carbons (Fsp3) is 0.316. The second kappa shape index (κ2) is 7.78. The molecular formula is C19H21ClN2O3S. The van der Waals surface area contributed by atoms with Crippen molar-refractivity contribution in [1.82, 2.24) is 4.31 Å². The summed E-state index contributed by atoms with van der Waals surface area (Å²) >= 11 is 5.84. The van der Waals surface area contributed by atoms with Crippen LogP contribution < -0.4 is 5.32 Å². The van der Waals surface area contributed by atoms with Gasteiger partial charge < -0.3 is 5.32 Å². The summed E-state index contributed by atoms with van der Waals surface area (Å²) < 4.78 is 26.2. The maximum atomic E-state index is 12.3. The molecule has 0 aliphatic carbocycles. The molecule has 1 aliphatic heterocycles. The molecular weight excluding hydrogens is 372 g/mol. The third-order valence-electron chi connectivity index (χ3n) is 4.40. The zero-order valence-corrected chi connectivity index (χ0v) is 16.1. The lowest BCUT2D eigenvalue weighted by Gasteiger charge is -2.28. The van der Waals surface area contributed by atoms with Crippen molar-refractivity contribution in [1.29, 1.82) is 0 Å². The number of hydrogen-bond acceptors (Lipinski definition) is 3. The van der Waals surface area contributed by atoms with Crippen LogP contribution in [0.15, 0.2) is 42.5 Å². The Labute approximate surface area is 159 Å². The SMILES string of the molecule is CCCS(=O)(=O)N1CCc2ccc(NC(=O)c3ccc(Cl)cc3)cc2C1. The van der Waals surface area contributed by atoms with E-state index in [1.165, 1.54) is 4.31 Å². The summed E-state index contributed by atoms with van der Waals surface area (Å²) in [5.74, 6) is -0.0668. The van der Waals surface area contributed by atoms with Gasteiger partial charge in [0.25, 0.3) is 5.91 Å². The fourth-order valence-electron chi connectivity index (χ4n) is 3.04. The van der Waals surface area contributed by atoms with Gasteiger partial charge >= 0.3 is 0 Å². The lowest BCUT2D eigenvalue weighted by molar-refractivity contribution is 0.102. The Bertz CT molecular complexity index is 911. The molecule has 0 saturated carbocycles. The molecule has 1 N–H and O–H groups in total. The third kappa shape index (κ3) is 4.26. The first-order valence-corrected chi connectivity index (χ1v) is 10.5. The van der Waals surface area contributed by atoms with Gasteiger partial charge in [-0.1, -0.05) is 24.6 Å². The van der Waals surface area contributed by atoms with Crippen LogP contribution in [-0.4, -0.2) is 30.9 Å². The molecule has 0 aromatic heterocycles. The maximum absolute atomic E-state index is 12.3. The number of nitrogens with zero attached hydrogens (tertiary/aromatic N) is 1. The highest BCUT2D eigenvalue weighted by Crippen LogP contribution is 2.25. The van der Waals surface area contributed by atoms with E-state index in [0.29, 0.717) is 42.2 Å². The fourth-order valence-corrected chi connectivity index (χ4v) is 4.64. The number of amides is 1. The van der Waals surface area contributed by atoms with Crippen molar-refractivity contribution in [2.24, 2.45) is 0 Å². The van der Waals surface area contributed by atoms with Gasteiger partial charge in [-0.2, -0.15) is 4.31 Å². The molecule has 5 nitrogen and oxygen atoms in total. The van der Waals surface area contributed by atoms with Gasteiger partial charge in [0.15, 0.2) is 0 Å². The van der Waals surface area contributed by atoms with Crippen molar-refractivity contribution in [2.45, 2.75) is 26.3 Å². The molecule has 7 heteroatoms. The van der Waals surface area contributed by atoms with Crippen molar-refractivity contribution in [3.05, 3.63) is 64.2 Å². The minimum absolute atomic E-state index is 0.162. The molecule has 0 spiro atoms. The number of nitrogens with one attached hydrogen (secondary N) is 1. The van der Waals surface area contributed by atoms with E-state index in [9.17, 15) is 13.2 Å². The number of benzene rings is 2. The van der Waals surface area contributed by atoms with Crippen LogP contribution in [0, 0.1) is 0 Å². The van der Waals surface area contributed by atoms with Crippen LogP contribution in [0.2, 0.25) is 5.02 Å². The van der Waals surface area contributed by atoms with Crippen molar-refractivity contribution < 1.29 is 13.2 Å². The molecule has 138 valence electrons. The van der Waals surface area contributed by atoms with Crippen LogP contribution in [0.25, 0.3) is 0 Å². The second-order valence-corrected chi connectivity index (χ2v) is 8.87. The highest BCUT2D eigenvalue weighted by atomic mass is 35.5. The molecule has 26 heavy (non-hydrogen) atoms. The van der Waals surface area contributed by atoms with E-state index in [-0.39, 0.29) is 11.7 Å². The Morgan fingerprint density at radius 3 is 2.58 bits per heavy atom. The quantitative estimate of drug-likeness (QED) is 0.843. The zero-order valence-electron chi connectivity index (χ0n) is 14.5. The monoisotopic (exact) mass is 392 g/mol. The van der Waals surface area contributed by atoms with E-state index in [1.807, 2.05) is 25.1 Å². The van der Waals surface area contributed by atoms with Crippen LogP contribution in [0.4, 0.5) is 5.69 Å². The molecule has 0 atom stereocenters. The predicted octanol–water partition coefficient (Wildman–Crippen LogP) is 3.69. The van der Waals surface area contributed by atoms with Gasteiger partial charge in [-0.05, 0) is 60.4 Å². The highest BCUT2D eigenvalue weighted by Gasteiger charge is 2.26. The normalized spacial score (nSPS) is 14.7. The first-order chi connectivity index (χ1) is 12.4. The van der Waals surface area contributed by atoms with Crippen LogP contribution in [-0.2, 0) is 23.0 Å². The van der Waals surface area contributed by atoms with Gasteiger partial charge in [0.1, 0.15) is 0 Å². The van der Waals surface area contributed by atoms with Crippen molar-refractivity contribution in [2.75, 3.05) is 17.6 Å². The second-order valence-electron chi connectivity index (χ2n) is 6.34. The number of anilines is 1. The van der Waals surface area contributed by atoms with Crippen LogP contribution in [0.3, 0.4) is 0 Å². The first-order valence-electron chi connectivity index (χ1n) is 8.55. The van der Waals surface area contributed by atoms with Crippen molar-refractivity contribution >= 4 is 33.2 Å². The molecule has 1 aliphatic rings. The molecule has 2 aromatic carbocycles. The maximum Gasteiger partial charge on any atom is 0.255 e. The number of carbonyl (C=O) groups excluding carboxylic acids is 1. The zero-order chi connectivity index (χ0) is 18.7. The molecule has 1 amide bonds. The Kier molecular flexibility index (Phi) is 5.65. The Morgan fingerprint density at radius 1 is 1.15 bits per heavy atom. The average Bonchev–Trinajstić information content (AvgIpc) is 2.61.